The molecule has 2 amide bonds. The highest BCUT2D eigenvalue weighted by atomic mass is 32.2. The van der Waals surface area contributed by atoms with Gasteiger partial charge in [-0.1, -0.05) is 24.0 Å². The highest BCUT2D eigenvalue weighted by Gasteiger charge is 2.26. The normalized spacial score (nSPS) is 12.3. The average molecular weight is 362 g/mol. The Labute approximate surface area is 137 Å². The molecule has 0 saturated carbocycles. The predicted molar refractivity (Wildman–Crippen MR) is 84.0 cm³/mol. The molecule has 1 rings (SSSR count). The van der Waals surface area contributed by atoms with E-state index < -0.39 is 27.2 Å². The lowest BCUT2D eigenvalue weighted by atomic mass is 10.6. The lowest BCUT2D eigenvalue weighted by molar-refractivity contribution is 0.155. The van der Waals surface area contributed by atoms with E-state index in [9.17, 15) is 18.0 Å². The van der Waals surface area contributed by atoms with Crippen LogP contribution >= 0.6 is 11.3 Å². The minimum absolute atomic E-state index is 0.0866. The van der Waals surface area contributed by atoms with Gasteiger partial charge < -0.3 is 9.64 Å². The molecular formula is C12H18N4O5S2. The maximum absolute atomic E-state index is 12.2. The van der Waals surface area contributed by atoms with Crippen LogP contribution in [0.15, 0.2) is 22.0 Å². The third kappa shape index (κ3) is 4.48. The number of aromatic nitrogens is 2. The van der Waals surface area contributed by atoms with Crippen molar-refractivity contribution in [2.45, 2.75) is 23.4 Å². The van der Waals surface area contributed by atoms with Crippen LogP contribution < -0.4 is 4.80 Å². The van der Waals surface area contributed by atoms with Crippen LogP contribution in [0, 0.1) is 0 Å². The number of urea groups is 1. The second kappa shape index (κ2) is 7.51. The number of carbonyl (C=O) groups excluding carboxylic acids is 2. The Bertz CT molecular complexity index is 774. The molecule has 0 aliphatic heterocycles. The van der Waals surface area contributed by atoms with Gasteiger partial charge in [0.05, 0.1) is 5.25 Å². The maximum atomic E-state index is 12.2. The van der Waals surface area contributed by atoms with Gasteiger partial charge in [-0.2, -0.15) is 4.99 Å². The standard InChI is InChI=1S/C12H18N4O5S2/c1-6-7-21-12(18)16-10(13-9(17)15(4)5)22-11(14-16)23(19,20)8(2)3/h6,8H,1,7H2,2-5H3. The van der Waals surface area contributed by atoms with E-state index in [-0.39, 0.29) is 15.7 Å². The number of sulfone groups is 1. The van der Waals surface area contributed by atoms with Gasteiger partial charge in [0.1, 0.15) is 6.61 Å². The lowest BCUT2D eigenvalue weighted by Gasteiger charge is -2.04. The predicted octanol–water partition coefficient (Wildman–Crippen LogP) is 0.880. The number of hydrogen-bond acceptors (Lipinski definition) is 7. The summed E-state index contributed by atoms with van der Waals surface area (Å²) in [4.78, 5) is 28.3. The molecule has 0 unspecified atom stereocenters. The highest BCUT2D eigenvalue weighted by Crippen LogP contribution is 2.15. The first-order chi connectivity index (χ1) is 10.6. The average Bonchev–Trinajstić information content (AvgIpc) is 2.88. The Kier molecular flexibility index (Phi) is 6.21. The fourth-order valence-electron chi connectivity index (χ4n) is 1.15. The van der Waals surface area contributed by atoms with Crippen molar-refractivity contribution in [1.82, 2.24) is 14.7 Å². The summed E-state index contributed by atoms with van der Waals surface area (Å²) in [5.41, 5.74) is 0. The number of ether oxygens (including phenoxy) is 1. The van der Waals surface area contributed by atoms with Crippen LogP contribution in [0.1, 0.15) is 13.8 Å². The summed E-state index contributed by atoms with van der Waals surface area (Å²) in [5.74, 6) is 0. The van der Waals surface area contributed by atoms with Crippen molar-refractivity contribution in [1.29, 1.82) is 0 Å². The Morgan fingerprint density at radius 1 is 1.48 bits per heavy atom. The quantitative estimate of drug-likeness (QED) is 0.735. The Balaban J connectivity index is 3.48. The van der Waals surface area contributed by atoms with Gasteiger partial charge in [-0.25, -0.2) is 18.0 Å². The smallest absolute Gasteiger partial charge is 0.437 e. The summed E-state index contributed by atoms with van der Waals surface area (Å²) in [6.07, 6.45) is 0.398. The van der Waals surface area contributed by atoms with Gasteiger partial charge in [-0.15, -0.1) is 9.78 Å². The van der Waals surface area contributed by atoms with Gasteiger partial charge >= 0.3 is 12.1 Å². The second-order valence-corrected chi connectivity index (χ2v) is 8.44. The summed E-state index contributed by atoms with van der Waals surface area (Å²) in [7, 11) is -0.772. The van der Waals surface area contributed by atoms with Gasteiger partial charge in [0, 0.05) is 14.1 Å². The molecule has 0 aliphatic carbocycles. The fraction of sp³-hybridized carbons (Fsp3) is 0.500. The Hall–Kier alpha value is -2.01. The number of amides is 2. The number of rotatable bonds is 4. The number of carbonyl (C=O) groups is 2. The molecule has 1 heterocycles. The van der Waals surface area contributed by atoms with Crippen LogP contribution in [-0.2, 0) is 14.6 Å². The van der Waals surface area contributed by atoms with Crippen LogP contribution in [0.5, 0.6) is 0 Å². The van der Waals surface area contributed by atoms with Gasteiger partial charge in [-0.05, 0) is 13.8 Å². The topological polar surface area (TPSA) is 111 Å². The second-order valence-electron chi connectivity index (χ2n) is 4.81. The van der Waals surface area contributed by atoms with E-state index in [0.717, 1.165) is 0 Å². The lowest BCUT2D eigenvalue weighted by Crippen LogP contribution is -2.29. The van der Waals surface area contributed by atoms with Gasteiger partial charge in [0.15, 0.2) is 0 Å². The third-order valence-corrected chi connectivity index (χ3v) is 5.94. The molecule has 11 heteroatoms. The molecule has 0 spiro atoms. The van der Waals surface area contributed by atoms with E-state index >= 15 is 0 Å². The zero-order chi connectivity index (χ0) is 17.8. The SMILES string of the molecule is C=CCOC(=O)n1nc(S(=O)(=O)C(C)C)sc1=NC(=O)N(C)C. The summed E-state index contributed by atoms with van der Waals surface area (Å²) in [6, 6.07) is -0.660. The van der Waals surface area contributed by atoms with E-state index in [1.165, 1.54) is 38.9 Å². The number of hydrogen-bond donors (Lipinski definition) is 0. The zero-order valence-electron chi connectivity index (χ0n) is 13.2. The van der Waals surface area contributed by atoms with Crippen LogP contribution in [-0.4, -0.2) is 61.2 Å². The summed E-state index contributed by atoms with van der Waals surface area (Å²) >= 11 is 0.625. The van der Waals surface area contributed by atoms with Crippen molar-refractivity contribution in [2.75, 3.05) is 20.7 Å². The van der Waals surface area contributed by atoms with Crippen LogP contribution in [0.25, 0.3) is 0 Å². The van der Waals surface area contributed by atoms with E-state index in [4.69, 9.17) is 4.74 Å². The summed E-state index contributed by atoms with van der Waals surface area (Å²) in [5, 5.41) is 3.01. The van der Waals surface area contributed by atoms with E-state index in [1.807, 2.05) is 0 Å². The van der Waals surface area contributed by atoms with E-state index in [0.29, 0.717) is 16.0 Å². The molecule has 128 valence electrons. The van der Waals surface area contributed by atoms with Crippen molar-refractivity contribution in [3.8, 4) is 0 Å². The molecule has 1 aromatic rings. The summed E-state index contributed by atoms with van der Waals surface area (Å²) < 4.78 is 29.5. The molecule has 0 bridgehead atoms. The fourth-order valence-corrected chi connectivity index (χ4v) is 3.61. The minimum atomic E-state index is -3.71. The first kappa shape index (κ1) is 19.0. The maximum Gasteiger partial charge on any atom is 0.437 e. The minimum Gasteiger partial charge on any atom is -0.444 e. The van der Waals surface area contributed by atoms with E-state index in [2.05, 4.69) is 16.7 Å². The van der Waals surface area contributed by atoms with Crippen LogP contribution in [0.3, 0.4) is 0 Å². The molecule has 23 heavy (non-hydrogen) atoms. The van der Waals surface area contributed by atoms with Gasteiger partial charge in [0.25, 0.3) is 0 Å². The Morgan fingerprint density at radius 3 is 2.57 bits per heavy atom. The van der Waals surface area contributed by atoms with Gasteiger partial charge in [0.2, 0.25) is 19.0 Å². The molecule has 0 fully saturated rings. The molecule has 0 saturated heterocycles. The first-order valence-corrected chi connectivity index (χ1v) is 8.85. The highest BCUT2D eigenvalue weighted by molar-refractivity contribution is 7.93. The molecule has 1 aromatic heterocycles. The van der Waals surface area contributed by atoms with Crippen molar-refractivity contribution in [3.63, 3.8) is 0 Å². The molecule has 0 radical (unpaired) electrons. The largest absolute Gasteiger partial charge is 0.444 e. The third-order valence-electron chi connectivity index (χ3n) is 2.48. The number of nitrogens with zero attached hydrogens (tertiary/aromatic N) is 4. The van der Waals surface area contributed by atoms with E-state index in [1.54, 1.807) is 0 Å². The summed E-state index contributed by atoms with van der Waals surface area (Å²) in [6.45, 7) is 6.29. The molecule has 0 aliphatic rings. The van der Waals surface area contributed by atoms with Crippen molar-refractivity contribution in [2.24, 2.45) is 4.99 Å². The van der Waals surface area contributed by atoms with Crippen molar-refractivity contribution < 1.29 is 22.7 Å². The molecular weight excluding hydrogens is 344 g/mol. The Morgan fingerprint density at radius 2 is 2.09 bits per heavy atom. The zero-order valence-corrected chi connectivity index (χ0v) is 14.8. The van der Waals surface area contributed by atoms with Crippen LogP contribution in [0.2, 0.25) is 0 Å². The first-order valence-electron chi connectivity index (χ1n) is 6.49. The molecule has 0 N–H and O–H groups in total. The van der Waals surface area contributed by atoms with Crippen molar-refractivity contribution >= 4 is 33.3 Å². The van der Waals surface area contributed by atoms with Crippen molar-refractivity contribution in [3.05, 3.63) is 17.5 Å². The molecule has 0 aromatic carbocycles. The monoisotopic (exact) mass is 362 g/mol. The van der Waals surface area contributed by atoms with Gasteiger partial charge in [-0.3, -0.25) is 0 Å². The molecule has 9 nitrogen and oxygen atoms in total. The van der Waals surface area contributed by atoms with Crippen LogP contribution in [0.4, 0.5) is 9.59 Å². The molecule has 0 atom stereocenters.